The van der Waals surface area contributed by atoms with Gasteiger partial charge >= 0.3 is 0 Å². The first-order valence-corrected chi connectivity index (χ1v) is 28.1. The second-order valence-electron chi connectivity index (χ2n) is 22.8. The fraction of sp³-hybridized carbons (Fsp3) is 0.755. The Kier molecular flexibility index (Phi) is 29.4. The number of rotatable bonds is 26. The first kappa shape index (κ1) is 69.5. The molecule has 9 atom stereocenters. The first-order chi connectivity index (χ1) is 37.5. The summed E-state index contributed by atoms with van der Waals surface area (Å²) in [5.74, 6) is -9.08. The van der Waals surface area contributed by atoms with Gasteiger partial charge in [0.1, 0.15) is 35.7 Å². The Balaban J connectivity index is 2.63. The Labute approximate surface area is 470 Å². The van der Waals surface area contributed by atoms with E-state index in [1.54, 1.807) is 38.6 Å². The van der Waals surface area contributed by atoms with Gasteiger partial charge in [0.15, 0.2) is 5.96 Å². The van der Waals surface area contributed by atoms with Crippen molar-refractivity contribution in [2.24, 2.45) is 40.4 Å². The molecule has 0 saturated carbocycles. The third kappa shape index (κ3) is 23.2. The minimum absolute atomic E-state index is 0.0189. The van der Waals surface area contributed by atoms with Crippen molar-refractivity contribution in [3.8, 4) is 0 Å². The summed E-state index contributed by atoms with van der Waals surface area (Å²) in [5, 5.41) is 44.6. The number of unbranched alkanes of at least 4 members (excludes halogenated alkanes) is 1. The number of aryl methyl sites for hydroxylation is 2. The number of aromatic nitrogens is 3. The van der Waals surface area contributed by atoms with E-state index < -0.39 is 119 Å². The summed E-state index contributed by atoms with van der Waals surface area (Å²) in [6.45, 7) is 17.5. The van der Waals surface area contributed by atoms with Gasteiger partial charge in [0.25, 0.3) is 0 Å². The molecule has 2 rings (SSSR count). The molecule has 2 heterocycles. The number of primary amides is 2. The SMILES string of the molecule is CCCC[C@H](NC(=O)[C@@H](NC(=O)[C@]1(C)CCCc2cnnn2CCCC(C)(C)C(=O)N[C@@H](CC(C)C)C(=O)N[C@@H](CC(C)C)C(=O)C(=O)[C@H](CCC(N)=O)NN1)[C@@H](C)CC)C(=O)N[C@@H](CO)C(=O)N[C@@H](CCCNC(=N)N)C(N)=O. The summed E-state index contributed by atoms with van der Waals surface area (Å²) in [5.41, 5.74) is 20.3. The lowest BCUT2D eigenvalue weighted by molar-refractivity contribution is -0.141. The highest BCUT2D eigenvalue weighted by Crippen LogP contribution is 2.25. The molecule has 0 aromatic carbocycles. The molecule has 1 aromatic rings. The van der Waals surface area contributed by atoms with Crippen LogP contribution in [0.1, 0.15) is 165 Å². The standard InChI is InChI=1S/C53H94N16O11/c1-11-13-18-36(45(75)63-39(29-70)47(77)60-35(44(55)74)19-15-24-58-51(56)57)61-48(78)41(32(7)12-2)65-50(80)53(10)23-14-17-33-28-59-68-69(33)25-16-22-52(8,9)49(79)64-38(27-31(5)6)46(76)62-37(26-30(3)4)43(73)42(72)34(66-67-53)20-21-40(54)71/h28,30-32,34-39,41,66-67,70H,11-27,29H2,1-10H3,(H2,54,71)(H2,55,74)(H,60,77)(H,61,78)(H,62,76)(H,63,75)(H,64,79)(H,65,80)(H4,56,57,58)/t32-,34-,35-,36-,37-,38-,39-,41-,53-/m0/s1. The van der Waals surface area contributed by atoms with Gasteiger partial charge in [-0.25, -0.2) is 15.5 Å². The van der Waals surface area contributed by atoms with Crippen molar-refractivity contribution in [1.82, 2.24) is 63.1 Å². The predicted molar refractivity (Wildman–Crippen MR) is 298 cm³/mol. The minimum atomic E-state index is -1.70. The van der Waals surface area contributed by atoms with Gasteiger partial charge in [0, 0.05) is 24.9 Å². The summed E-state index contributed by atoms with van der Waals surface area (Å²) >= 11 is 0. The van der Waals surface area contributed by atoms with Crippen molar-refractivity contribution >= 4 is 64.8 Å². The van der Waals surface area contributed by atoms with Crippen LogP contribution < -0.4 is 65.3 Å². The number of aliphatic hydroxyl groups is 1. The number of hydrazine groups is 1. The maximum atomic E-state index is 15.0. The van der Waals surface area contributed by atoms with Crippen molar-refractivity contribution in [2.45, 2.75) is 220 Å². The van der Waals surface area contributed by atoms with E-state index in [4.69, 9.17) is 22.6 Å². The van der Waals surface area contributed by atoms with E-state index in [0.717, 1.165) is 0 Å². The first-order valence-electron chi connectivity index (χ1n) is 28.1. The number of fused-ring (bicyclic) bond motifs is 1. The van der Waals surface area contributed by atoms with Crippen molar-refractivity contribution in [1.29, 1.82) is 5.41 Å². The van der Waals surface area contributed by atoms with Crippen molar-refractivity contribution in [3.63, 3.8) is 0 Å². The number of hydrogen-bond acceptors (Lipinski definition) is 16. The number of carbonyl (C=O) groups is 10. The van der Waals surface area contributed by atoms with Gasteiger partial charge in [-0.05, 0) is 95.3 Å². The fourth-order valence-electron chi connectivity index (χ4n) is 8.97. The molecular weight excluding hydrogens is 1040 g/mol. The molecule has 0 bridgehead atoms. The Bertz CT molecular complexity index is 2270. The number of carbonyl (C=O) groups excluding carboxylic acids is 10. The predicted octanol–water partition coefficient (Wildman–Crippen LogP) is -0.976. The molecule has 0 radical (unpaired) electrons. The zero-order valence-corrected chi connectivity index (χ0v) is 48.7. The lowest BCUT2D eigenvalue weighted by atomic mass is 9.86. The quantitative estimate of drug-likeness (QED) is 0.0230. The topological polar surface area (TPSA) is 432 Å². The number of amides is 8. The zero-order chi connectivity index (χ0) is 60.5. The third-order valence-electron chi connectivity index (χ3n) is 14.2. The van der Waals surface area contributed by atoms with Crippen LogP contribution in [0.4, 0.5) is 0 Å². The van der Waals surface area contributed by atoms with E-state index in [1.807, 2.05) is 34.6 Å². The molecule has 27 heteroatoms. The van der Waals surface area contributed by atoms with Crippen LogP contribution in [-0.2, 0) is 60.9 Å². The zero-order valence-electron chi connectivity index (χ0n) is 48.7. The van der Waals surface area contributed by atoms with Gasteiger partial charge in [-0.2, -0.15) is 0 Å². The van der Waals surface area contributed by atoms with Gasteiger partial charge in [-0.15, -0.1) is 5.10 Å². The van der Waals surface area contributed by atoms with Gasteiger partial charge in [-0.3, -0.25) is 53.4 Å². The van der Waals surface area contributed by atoms with E-state index in [2.05, 4.69) is 58.4 Å². The normalized spacial score (nSPS) is 21.7. The molecule has 0 aliphatic carbocycles. The highest BCUT2D eigenvalue weighted by molar-refractivity contribution is 6.41. The van der Waals surface area contributed by atoms with E-state index in [0.29, 0.717) is 50.8 Å². The number of aliphatic hydroxyl groups excluding tert-OH is 1. The molecule has 27 nitrogen and oxygen atoms in total. The van der Waals surface area contributed by atoms with Crippen LogP contribution in [0.25, 0.3) is 0 Å². The number of nitrogens with zero attached hydrogens (tertiary/aromatic N) is 3. The van der Waals surface area contributed by atoms with Gasteiger partial charge in [-0.1, -0.05) is 86.8 Å². The molecule has 17 N–H and O–H groups in total. The molecule has 0 fully saturated rings. The van der Waals surface area contributed by atoms with E-state index in [-0.39, 0.29) is 88.0 Å². The van der Waals surface area contributed by atoms with Crippen molar-refractivity contribution in [2.75, 3.05) is 13.2 Å². The molecule has 1 aliphatic heterocycles. The summed E-state index contributed by atoms with van der Waals surface area (Å²) in [6, 6.07) is -9.20. The molecular formula is C53H94N16O11. The number of guanidine groups is 1. The van der Waals surface area contributed by atoms with Crippen LogP contribution in [0, 0.1) is 28.6 Å². The molecule has 1 aliphatic rings. The Morgan fingerprint density at radius 2 is 1.39 bits per heavy atom. The van der Waals surface area contributed by atoms with E-state index in [1.165, 1.54) is 6.92 Å². The van der Waals surface area contributed by atoms with Crippen LogP contribution in [0.15, 0.2) is 6.20 Å². The number of nitrogens with one attached hydrogen (secondary N) is 10. The minimum Gasteiger partial charge on any atom is -0.394 e. The molecule has 452 valence electrons. The van der Waals surface area contributed by atoms with Crippen LogP contribution in [0.3, 0.4) is 0 Å². The fourth-order valence-corrected chi connectivity index (χ4v) is 8.97. The monoisotopic (exact) mass is 1130 g/mol. The summed E-state index contributed by atoms with van der Waals surface area (Å²) < 4.78 is 1.70. The van der Waals surface area contributed by atoms with E-state index in [9.17, 15) is 53.1 Å². The summed E-state index contributed by atoms with van der Waals surface area (Å²) in [6.07, 6.45) is 4.54. The van der Waals surface area contributed by atoms with Gasteiger partial charge in [0.2, 0.25) is 58.8 Å². The largest absolute Gasteiger partial charge is 0.394 e. The van der Waals surface area contributed by atoms with Crippen LogP contribution in [0.5, 0.6) is 0 Å². The number of hydrogen-bond donors (Lipinski definition) is 14. The summed E-state index contributed by atoms with van der Waals surface area (Å²) in [7, 11) is 0. The average molecular weight is 1130 g/mol. The van der Waals surface area contributed by atoms with Gasteiger partial charge < -0.3 is 59.5 Å². The summed E-state index contributed by atoms with van der Waals surface area (Å²) in [4.78, 5) is 138. The Hall–Kier alpha value is -6.61. The molecule has 1 aromatic heterocycles. The van der Waals surface area contributed by atoms with Crippen LogP contribution >= 0.6 is 0 Å². The molecule has 0 spiro atoms. The third-order valence-corrected chi connectivity index (χ3v) is 14.2. The molecule has 8 amide bonds. The molecule has 0 saturated heterocycles. The highest BCUT2D eigenvalue weighted by atomic mass is 16.3. The number of nitrogens with two attached hydrogens (primary N) is 3. The van der Waals surface area contributed by atoms with Crippen molar-refractivity contribution < 1.29 is 53.1 Å². The Morgan fingerprint density at radius 1 is 0.787 bits per heavy atom. The smallest absolute Gasteiger partial charge is 0.245 e. The Morgan fingerprint density at radius 3 is 1.98 bits per heavy atom. The van der Waals surface area contributed by atoms with Crippen molar-refractivity contribution in [3.05, 3.63) is 11.9 Å². The van der Waals surface area contributed by atoms with Crippen LogP contribution in [-0.4, -0.2) is 146 Å². The maximum Gasteiger partial charge on any atom is 0.245 e. The lowest BCUT2D eigenvalue weighted by Crippen LogP contribution is -2.66. The second-order valence-corrected chi connectivity index (χ2v) is 22.8. The van der Waals surface area contributed by atoms with E-state index >= 15 is 0 Å². The van der Waals surface area contributed by atoms with Gasteiger partial charge in [0.05, 0.1) is 30.6 Å². The number of ketones is 2. The lowest BCUT2D eigenvalue weighted by Gasteiger charge is -2.35. The van der Waals surface area contributed by atoms with Crippen LogP contribution in [0.2, 0.25) is 0 Å². The second kappa shape index (κ2) is 33.9. The molecule has 80 heavy (non-hydrogen) atoms. The molecule has 0 unspecified atom stereocenters. The average Bonchev–Trinajstić information content (AvgIpc) is 3.83. The maximum absolute atomic E-state index is 15.0. The number of Topliss-reactive ketones (excluding diaryl/α,β-unsaturated/α-hetero) is 2. The highest BCUT2D eigenvalue weighted by Gasteiger charge is 2.41.